The van der Waals surface area contributed by atoms with Crippen LogP contribution in [-0.2, 0) is 6.42 Å². The Hall–Kier alpha value is -2.22. The molecule has 2 aromatic rings. The van der Waals surface area contributed by atoms with Crippen LogP contribution in [0.3, 0.4) is 0 Å². The topological polar surface area (TPSA) is 34.1 Å². The van der Waals surface area contributed by atoms with E-state index in [1.54, 1.807) is 18.2 Å². The summed E-state index contributed by atoms with van der Waals surface area (Å²) < 4.78 is 0. The molecule has 1 aliphatic carbocycles. The normalized spacial score (nSPS) is 13.2. The van der Waals surface area contributed by atoms with Gasteiger partial charge in [-0.15, -0.1) is 0 Å². The number of rotatable bonds is 1. The fraction of sp³-hybridized carbons (Fsp3) is 0.176. The predicted octanol–water partition coefficient (Wildman–Crippen LogP) is 3.33. The van der Waals surface area contributed by atoms with Crippen LogP contribution in [0.1, 0.15) is 49.9 Å². The second-order valence-electron chi connectivity index (χ2n) is 4.94. The first-order valence-corrected chi connectivity index (χ1v) is 6.44. The van der Waals surface area contributed by atoms with Crippen LogP contribution in [0.25, 0.3) is 0 Å². The van der Waals surface area contributed by atoms with Crippen LogP contribution in [-0.4, -0.2) is 11.6 Å². The molecule has 94 valence electrons. The van der Waals surface area contributed by atoms with E-state index in [4.69, 9.17) is 0 Å². The van der Waals surface area contributed by atoms with E-state index in [0.29, 0.717) is 22.3 Å². The van der Waals surface area contributed by atoms with Gasteiger partial charge in [0.1, 0.15) is 0 Å². The highest BCUT2D eigenvalue weighted by Gasteiger charge is 2.29. The predicted molar refractivity (Wildman–Crippen MR) is 73.9 cm³/mol. The second kappa shape index (κ2) is 4.16. The fourth-order valence-corrected chi connectivity index (χ4v) is 2.53. The molecule has 2 heteroatoms. The molecule has 0 N–H and O–H groups in total. The number of aryl methyl sites for hydroxylation is 2. The van der Waals surface area contributed by atoms with Gasteiger partial charge < -0.3 is 0 Å². The molecule has 0 heterocycles. The lowest BCUT2D eigenvalue weighted by Gasteiger charge is -2.18. The van der Waals surface area contributed by atoms with Gasteiger partial charge in [0.05, 0.1) is 0 Å². The van der Waals surface area contributed by atoms with Gasteiger partial charge in [-0.3, -0.25) is 9.59 Å². The summed E-state index contributed by atoms with van der Waals surface area (Å²) in [5.41, 5.74) is 4.20. The van der Waals surface area contributed by atoms with E-state index in [1.165, 1.54) is 0 Å². The van der Waals surface area contributed by atoms with Crippen molar-refractivity contribution in [2.24, 2.45) is 0 Å². The highest BCUT2D eigenvalue weighted by atomic mass is 16.1. The van der Waals surface area contributed by atoms with Crippen molar-refractivity contribution in [3.05, 3.63) is 69.8 Å². The molecular formula is C17H14O2. The van der Waals surface area contributed by atoms with Gasteiger partial charge in [0.15, 0.2) is 11.6 Å². The van der Waals surface area contributed by atoms with Crippen LogP contribution >= 0.6 is 0 Å². The molecule has 0 fully saturated rings. The van der Waals surface area contributed by atoms with Gasteiger partial charge in [0.25, 0.3) is 0 Å². The molecule has 3 rings (SSSR count). The van der Waals surface area contributed by atoms with Crippen molar-refractivity contribution >= 4 is 11.6 Å². The van der Waals surface area contributed by atoms with Gasteiger partial charge in [-0.05, 0) is 31.0 Å². The Morgan fingerprint density at radius 2 is 1.37 bits per heavy atom. The van der Waals surface area contributed by atoms with Gasteiger partial charge in [-0.1, -0.05) is 36.8 Å². The molecule has 0 saturated carbocycles. The zero-order valence-electron chi connectivity index (χ0n) is 11.0. The largest absolute Gasteiger partial charge is 0.289 e. The van der Waals surface area contributed by atoms with Gasteiger partial charge in [0.2, 0.25) is 0 Å². The maximum Gasteiger partial charge on any atom is 0.194 e. The van der Waals surface area contributed by atoms with Crippen molar-refractivity contribution in [3.8, 4) is 0 Å². The van der Waals surface area contributed by atoms with Gasteiger partial charge in [-0.2, -0.15) is 0 Å². The molecule has 19 heavy (non-hydrogen) atoms. The molecular weight excluding hydrogens is 236 g/mol. The first-order chi connectivity index (χ1) is 9.11. The number of hydrogen-bond donors (Lipinski definition) is 0. The average molecular weight is 250 g/mol. The quantitative estimate of drug-likeness (QED) is 0.664. The minimum Gasteiger partial charge on any atom is -0.289 e. The summed E-state index contributed by atoms with van der Waals surface area (Å²) in [7, 11) is 0. The smallest absolute Gasteiger partial charge is 0.194 e. The molecule has 0 unspecified atom stereocenters. The molecule has 1 aliphatic rings. The van der Waals surface area contributed by atoms with E-state index in [0.717, 1.165) is 17.5 Å². The third-order valence-electron chi connectivity index (χ3n) is 3.65. The molecule has 2 nitrogen and oxygen atoms in total. The van der Waals surface area contributed by atoms with Gasteiger partial charge in [0, 0.05) is 22.3 Å². The van der Waals surface area contributed by atoms with Gasteiger partial charge in [-0.25, -0.2) is 0 Å². The zero-order valence-corrected chi connectivity index (χ0v) is 11.0. The average Bonchev–Trinajstić information content (AvgIpc) is 2.44. The third kappa shape index (κ3) is 1.72. The van der Waals surface area contributed by atoms with Crippen LogP contribution in [0.4, 0.5) is 0 Å². The number of hydrogen-bond acceptors (Lipinski definition) is 2. The van der Waals surface area contributed by atoms with Crippen molar-refractivity contribution in [2.75, 3.05) is 0 Å². The van der Waals surface area contributed by atoms with Crippen molar-refractivity contribution < 1.29 is 9.59 Å². The van der Waals surface area contributed by atoms with E-state index < -0.39 is 0 Å². The van der Waals surface area contributed by atoms with E-state index in [-0.39, 0.29) is 11.6 Å². The second-order valence-corrected chi connectivity index (χ2v) is 4.94. The van der Waals surface area contributed by atoms with Crippen LogP contribution in [0.2, 0.25) is 0 Å². The molecule has 0 aliphatic heterocycles. The molecule has 0 radical (unpaired) electrons. The van der Waals surface area contributed by atoms with Crippen molar-refractivity contribution in [2.45, 2.75) is 20.3 Å². The molecule has 0 bridgehead atoms. The summed E-state index contributed by atoms with van der Waals surface area (Å²) in [4.78, 5) is 24.9. The molecule has 0 saturated heterocycles. The molecule has 0 aromatic heterocycles. The Morgan fingerprint density at radius 1 is 0.789 bits per heavy atom. The lowest BCUT2D eigenvalue weighted by atomic mass is 9.82. The fourth-order valence-electron chi connectivity index (χ4n) is 2.53. The van der Waals surface area contributed by atoms with Crippen molar-refractivity contribution in [3.63, 3.8) is 0 Å². The maximum absolute atomic E-state index is 12.5. The number of fused-ring (bicyclic) bond motifs is 2. The van der Waals surface area contributed by atoms with Crippen LogP contribution in [0.15, 0.2) is 36.4 Å². The van der Waals surface area contributed by atoms with E-state index >= 15 is 0 Å². The van der Waals surface area contributed by atoms with Crippen LogP contribution in [0, 0.1) is 6.92 Å². The number of ketones is 2. The SMILES string of the molecule is CCc1ccc2c(c1)C(=O)c1cc(C)ccc1C2=O. The molecule has 0 atom stereocenters. The number of carbonyl (C=O) groups excluding carboxylic acids is 2. The van der Waals surface area contributed by atoms with Crippen LogP contribution < -0.4 is 0 Å². The first kappa shape index (κ1) is 11.8. The summed E-state index contributed by atoms with van der Waals surface area (Å²) in [5, 5.41) is 0. The molecule has 0 spiro atoms. The highest BCUT2D eigenvalue weighted by molar-refractivity contribution is 6.28. The van der Waals surface area contributed by atoms with Gasteiger partial charge >= 0.3 is 0 Å². The van der Waals surface area contributed by atoms with Crippen LogP contribution in [0.5, 0.6) is 0 Å². The third-order valence-corrected chi connectivity index (χ3v) is 3.65. The highest BCUT2D eigenvalue weighted by Crippen LogP contribution is 2.28. The maximum atomic E-state index is 12.5. The summed E-state index contributed by atoms with van der Waals surface area (Å²) in [6.45, 7) is 3.96. The molecule has 2 aromatic carbocycles. The Morgan fingerprint density at radius 3 is 2.05 bits per heavy atom. The van der Waals surface area contributed by atoms with Crippen molar-refractivity contribution in [1.82, 2.24) is 0 Å². The summed E-state index contributed by atoms with van der Waals surface area (Å²) in [6.07, 6.45) is 0.857. The Kier molecular flexibility index (Phi) is 2.59. The minimum atomic E-state index is -0.0488. The summed E-state index contributed by atoms with van der Waals surface area (Å²) in [5.74, 6) is -0.0872. The Bertz CT molecular complexity index is 711. The number of carbonyl (C=O) groups is 2. The standard InChI is InChI=1S/C17H14O2/c1-3-11-5-7-13-15(9-11)17(19)14-8-10(2)4-6-12(14)16(13)18/h4-9H,3H2,1-2H3. The Labute approximate surface area is 112 Å². The molecule has 0 amide bonds. The summed E-state index contributed by atoms with van der Waals surface area (Å²) >= 11 is 0. The first-order valence-electron chi connectivity index (χ1n) is 6.44. The van der Waals surface area contributed by atoms with E-state index in [1.807, 2.05) is 32.0 Å². The number of benzene rings is 2. The monoisotopic (exact) mass is 250 g/mol. The lowest BCUT2D eigenvalue weighted by Crippen LogP contribution is -2.21. The zero-order chi connectivity index (χ0) is 13.6. The Balaban J connectivity index is 2.26. The summed E-state index contributed by atoms with van der Waals surface area (Å²) in [6, 6.07) is 11.0. The van der Waals surface area contributed by atoms with Crippen molar-refractivity contribution in [1.29, 1.82) is 0 Å². The van der Waals surface area contributed by atoms with E-state index in [2.05, 4.69) is 0 Å². The van der Waals surface area contributed by atoms with E-state index in [9.17, 15) is 9.59 Å². The minimum absolute atomic E-state index is 0.0383. The lowest BCUT2D eigenvalue weighted by molar-refractivity contribution is 0.0979.